The third-order valence-electron chi connectivity index (χ3n) is 3.06. The van der Waals surface area contributed by atoms with Gasteiger partial charge in [0.2, 0.25) is 0 Å². The third-order valence-corrected chi connectivity index (χ3v) is 3.52. The van der Waals surface area contributed by atoms with Gasteiger partial charge in [-0.3, -0.25) is 9.48 Å². The zero-order valence-electron chi connectivity index (χ0n) is 12.4. The SMILES string of the molecule is Cc1c(Cl)c(C(F)(F)F)nn1CC(=O)OCCc1cnc(=O)[nH]c1. The van der Waals surface area contributed by atoms with Gasteiger partial charge >= 0.3 is 17.8 Å². The molecule has 0 spiro atoms. The lowest BCUT2D eigenvalue weighted by molar-refractivity contribution is -0.146. The van der Waals surface area contributed by atoms with Gasteiger partial charge in [-0.2, -0.15) is 18.3 Å². The van der Waals surface area contributed by atoms with Crippen LogP contribution in [0.3, 0.4) is 0 Å². The van der Waals surface area contributed by atoms with Crippen molar-refractivity contribution in [2.45, 2.75) is 26.1 Å². The van der Waals surface area contributed by atoms with E-state index in [-0.39, 0.29) is 12.3 Å². The number of hydrogen-bond donors (Lipinski definition) is 1. The molecule has 130 valence electrons. The zero-order chi connectivity index (χ0) is 17.9. The van der Waals surface area contributed by atoms with E-state index in [9.17, 15) is 22.8 Å². The lowest BCUT2D eigenvalue weighted by Gasteiger charge is -2.06. The number of nitrogens with zero attached hydrogens (tertiary/aromatic N) is 3. The van der Waals surface area contributed by atoms with Gasteiger partial charge in [-0.15, -0.1) is 0 Å². The maximum atomic E-state index is 12.7. The predicted octanol–water partition coefficient (Wildman–Crippen LogP) is 1.73. The monoisotopic (exact) mass is 364 g/mol. The lowest BCUT2D eigenvalue weighted by Crippen LogP contribution is -2.18. The van der Waals surface area contributed by atoms with Gasteiger partial charge in [0.05, 0.1) is 17.3 Å². The molecule has 0 atom stereocenters. The predicted molar refractivity (Wildman–Crippen MR) is 76.5 cm³/mol. The number of nitrogens with one attached hydrogen (secondary N) is 1. The quantitative estimate of drug-likeness (QED) is 0.816. The van der Waals surface area contributed by atoms with Gasteiger partial charge in [0.1, 0.15) is 6.54 Å². The highest BCUT2D eigenvalue weighted by Crippen LogP contribution is 2.35. The summed E-state index contributed by atoms with van der Waals surface area (Å²) in [5.74, 6) is -0.761. The van der Waals surface area contributed by atoms with E-state index in [1.54, 1.807) is 0 Å². The fraction of sp³-hybridized carbons (Fsp3) is 0.385. The normalized spacial score (nSPS) is 11.5. The Labute approximate surface area is 138 Å². The van der Waals surface area contributed by atoms with Crippen LogP contribution in [0.1, 0.15) is 17.0 Å². The first-order chi connectivity index (χ1) is 11.2. The molecule has 0 bridgehead atoms. The Kier molecular flexibility index (Phi) is 5.27. The average molecular weight is 365 g/mol. The van der Waals surface area contributed by atoms with Gasteiger partial charge in [0.25, 0.3) is 0 Å². The van der Waals surface area contributed by atoms with Crippen molar-refractivity contribution in [2.24, 2.45) is 0 Å². The molecule has 2 aromatic rings. The van der Waals surface area contributed by atoms with E-state index in [1.807, 2.05) is 0 Å². The first-order valence-electron chi connectivity index (χ1n) is 6.68. The fourth-order valence-corrected chi connectivity index (χ4v) is 2.06. The number of carbonyl (C=O) groups is 1. The zero-order valence-corrected chi connectivity index (χ0v) is 13.1. The molecule has 1 N–H and O–H groups in total. The highest BCUT2D eigenvalue weighted by Gasteiger charge is 2.38. The number of ether oxygens (including phenoxy) is 1. The molecule has 2 aromatic heterocycles. The summed E-state index contributed by atoms with van der Waals surface area (Å²) in [6, 6.07) is 0. The van der Waals surface area contributed by atoms with Crippen molar-refractivity contribution in [3.63, 3.8) is 0 Å². The van der Waals surface area contributed by atoms with Crippen molar-refractivity contribution in [3.8, 4) is 0 Å². The van der Waals surface area contributed by atoms with E-state index in [0.29, 0.717) is 12.0 Å². The van der Waals surface area contributed by atoms with Crippen LogP contribution in [0, 0.1) is 6.92 Å². The summed E-state index contributed by atoms with van der Waals surface area (Å²) in [7, 11) is 0. The molecule has 0 aliphatic heterocycles. The minimum absolute atomic E-state index is 0.0192. The van der Waals surface area contributed by atoms with Crippen LogP contribution >= 0.6 is 11.6 Å². The molecule has 24 heavy (non-hydrogen) atoms. The molecule has 0 saturated heterocycles. The maximum Gasteiger partial charge on any atom is 0.436 e. The highest BCUT2D eigenvalue weighted by molar-refractivity contribution is 6.31. The minimum Gasteiger partial charge on any atom is -0.464 e. The number of rotatable bonds is 5. The highest BCUT2D eigenvalue weighted by atomic mass is 35.5. The van der Waals surface area contributed by atoms with Crippen LogP contribution in [0.2, 0.25) is 5.02 Å². The molecule has 0 amide bonds. The number of H-pyrrole nitrogens is 1. The number of aromatic nitrogens is 4. The average Bonchev–Trinajstić information content (AvgIpc) is 2.77. The van der Waals surface area contributed by atoms with E-state index < -0.39 is 35.1 Å². The van der Waals surface area contributed by atoms with Gasteiger partial charge in [-0.05, 0) is 12.5 Å². The second kappa shape index (κ2) is 7.04. The smallest absolute Gasteiger partial charge is 0.436 e. The first kappa shape index (κ1) is 18.0. The van der Waals surface area contributed by atoms with Gasteiger partial charge in [-0.25, -0.2) is 9.78 Å². The van der Waals surface area contributed by atoms with Crippen molar-refractivity contribution in [3.05, 3.63) is 44.9 Å². The Balaban J connectivity index is 1.93. The van der Waals surface area contributed by atoms with Crippen LogP contribution in [0.15, 0.2) is 17.2 Å². The van der Waals surface area contributed by atoms with Crippen LogP contribution in [-0.4, -0.2) is 32.3 Å². The Morgan fingerprint density at radius 1 is 1.46 bits per heavy atom. The lowest BCUT2D eigenvalue weighted by atomic mass is 10.2. The molecular weight excluding hydrogens is 353 g/mol. The van der Waals surface area contributed by atoms with E-state index in [0.717, 1.165) is 4.68 Å². The molecule has 0 unspecified atom stereocenters. The van der Waals surface area contributed by atoms with Crippen LogP contribution in [0.25, 0.3) is 0 Å². The number of halogens is 4. The second-order valence-corrected chi connectivity index (χ2v) is 5.18. The maximum absolute atomic E-state index is 12.7. The van der Waals surface area contributed by atoms with Gasteiger partial charge < -0.3 is 9.72 Å². The van der Waals surface area contributed by atoms with Crippen molar-refractivity contribution < 1.29 is 22.7 Å². The van der Waals surface area contributed by atoms with Gasteiger partial charge in [0.15, 0.2) is 5.69 Å². The summed E-state index contributed by atoms with van der Waals surface area (Å²) < 4.78 is 43.8. The first-order valence-corrected chi connectivity index (χ1v) is 7.05. The summed E-state index contributed by atoms with van der Waals surface area (Å²) in [5, 5.41) is 2.76. The molecule has 2 heterocycles. The standard InChI is InChI=1S/C13H12ClF3N4O3/c1-7-10(14)11(13(15,16)17)20-21(7)6-9(22)24-3-2-8-4-18-12(23)19-5-8/h4-5H,2-3,6H2,1H3,(H,18,19,23). The van der Waals surface area contributed by atoms with Crippen molar-refractivity contribution in [1.29, 1.82) is 0 Å². The van der Waals surface area contributed by atoms with Crippen LogP contribution in [0.5, 0.6) is 0 Å². The Morgan fingerprint density at radius 2 is 2.17 bits per heavy atom. The van der Waals surface area contributed by atoms with Crippen molar-refractivity contribution >= 4 is 17.6 Å². The molecule has 0 aromatic carbocycles. The summed E-state index contributed by atoms with van der Waals surface area (Å²) >= 11 is 5.59. The Bertz CT molecular complexity index is 780. The number of hydrogen-bond acceptors (Lipinski definition) is 5. The van der Waals surface area contributed by atoms with Crippen LogP contribution in [-0.2, 0) is 28.7 Å². The van der Waals surface area contributed by atoms with E-state index >= 15 is 0 Å². The molecule has 0 saturated carbocycles. The number of aromatic amines is 1. The van der Waals surface area contributed by atoms with Crippen molar-refractivity contribution in [2.75, 3.05) is 6.61 Å². The van der Waals surface area contributed by atoms with Crippen LogP contribution < -0.4 is 5.69 Å². The largest absolute Gasteiger partial charge is 0.464 e. The molecule has 0 radical (unpaired) electrons. The fourth-order valence-electron chi connectivity index (χ4n) is 1.82. The van der Waals surface area contributed by atoms with Gasteiger partial charge in [-0.1, -0.05) is 11.6 Å². The molecule has 0 aliphatic rings. The summed E-state index contributed by atoms with van der Waals surface area (Å²) in [4.78, 5) is 28.4. The topological polar surface area (TPSA) is 89.9 Å². The third kappa shape index (κ3) is 4.34. The molecule has 0 aliphatic carbocycles. The van der Waals surface area contributed by atoms with E-state index in [4.69, 9.17) is 16.3 Å². The molecule has 0 fully saturated rings. The second-order valence-electron chi connectivity index (χ2n) is 4.80. The molecule has 11 heteroatoms. The van der Waals surface area contributed by atoms with E-state index in [2.05, 4.69) is 15.1 Å². The van der Waals surface area contributed by atoms with E-state index in [1.165, 1.54) is 19.3 Å². The van der Waals surface area contributed by atoms with Crippen molar-refractivity contribution in [1.82, 2.24) is 19.7 Å². The van der Waals surface area contributed by atoms with Gasteiger partial charge in [0, 0.05) is 18.8 Å². The molecular formula is C13H12ClF3N4O3. The molecule has 7 nitrogen and oxygen atoms in total. The number of alkyl halides is 3. The summed E-state index contributed by atoms with van der Waals surface area (Å²) in [6.07, 6.45) is -1.65. The van der Waals surface area contributed by atoms with Crippen LogP contribution in [0.4, 0.5) is 13.2 Å². The number of esters is 1. The minimum atomic E-state index is -4.70. The molecule has 2 rings (SSSR count). The summed E-state index contributed by atoms with van der Waals surface area (Å²) in [5.41, 5.74) is -1.08. The Hall–Kier alpha value is -2.36. The summed E-state index contributed by atoms with van der Waals surface area (Å²) in [6.45, 7) is 0.808. The Morgan fingerprint density at radius 3 is 2.71 bits per heavy atom. The number of carbonyl (C=O) groups excluding carboxylic acids is 1.